The quantitative estimate of drug-likeness (QED) is 0.736. The molecule has 22 heavy (non-hydrogen) atoms. The molecule has 7 heteroatoms. The Morgan fingerprint density at radius 1 is 1.27 bits per heavy atom. The van der Waals surface area contributed by atoms with Crippen LogP contribution in [0.2, 0.25) is 0 Å². The lowest BCUT2D eigenvalue weighted by atomic mass is 10.1. The van der Waals surface area contributed by atoms with Crippen LogP contribution in [0.1, 0.15) is 0 Å². The lowest BCUT2D eigenvalue weighted by molar-refractivity contribution is -0.118. The molecule has 3 heterocycles. The number of anilines is 1. The van der Waals surface area contributed by atoms with Crippen LogP contribution in [0.25, 0.3) is 16.9 Å². The summed E-state index contributed by atoms with van der Waals surface area (Å²) in [4.78, 5) is 27.1. The van der Waals surface area contributed by atoms with Crippen molar-refractivity contribution in [3.05, 3.63) is 47.5 Å². The summed E-state index contributed by atoms with van der Waals surface area (Å²) in [7, 11) is 0. The Morgan fingerprint density at radius 3 is 3.05 bits per heavy atom. The Morgan fingerprint density at radius 2 is 2.18 bits per heavy atom. The van der Waals surface area contributed by atoms with Gasteiger partial charge >= 0.3 is 0 Å². The molecule has 1 aliphatic rings. The van der Waals surface area contributed by atoms with Crippen molar-refractivity contribution in [3.8, 4) is 17.0 Å². The number of benzene rings is 1. The van der Waals surface area contributed by atoms with Gasteiger partial charge in [-0.15, -0.1) is 4.91 Å². The molecule has 0 radical (unpaired) electrons. The number of fused-ring (bicyclic) bond motifs is 2. The van der Waals surface area contributed by atoms with Gasteiger partial charge in [-0.05, 0) is 35.5 Å². The summed E-state index contributed by atoms with van der Waals surface area (Å²) in [5.41, 5.74) is 2.33. The average Bonchev–Trinajstić information content (AvgIpc) is 2.92. The number of hydrogen-bond acceptors (Lipinski definition) is 5. The summed E-state index contributed by atoms with van der Waals surface area (Å²) in [6.45, 7) is 0.00184. The fourth-order valence-electron chi connectivity index (χ4n) is 2.49. The fraction of sp³-hybridized carbons (Fsp3) is 0.0667. The molecular formula is C15H10N4O3. The lowest BCUT2D eigenvalue weighted by Gasteiger charge is -2.18. The highest BCUT2D eigenvalue weighted by Gasteiger charge is 2.19. The van der Waals surface area contributed by atoms with Crippen LogP contribution in [0, 0.1) is 4.91 Å². The molecule has 108 valence electrons. The molecule has 0 unspecified atom stereocenters. The molecule has 1 N–H and O–H groups in total. The zero-order chi connectivity index (χ0) is 15.1. The third-order valence-electron chi connectivity index (χ3n) is 3.48. The first kappa shape index (κ1) is 12.5. The number of hydrogen-bond donors (Lipinski definition) is 1. The van der Waals surface area contributed by atoms with Crippen LogP contribution in [0.3, 0.4) is 0 Å². The van der Waals surface area contributed by atoms with Crippen molar-refractivity contribution in [2.75, 3.05) is 11.9 Å². The Balaban J connectivity index is 1.90. The number of nitrogens with one attached hydrogen (secondary N) is 1. The SMILES string of the molecule is O=Nc1c(-c2ccc3c(c2)NC(=O)CO3)nc2ccccn12. The molecule has 0 aliphatic carbocycles. The fourth-order valence-corrected chi connectivity index (χ4v) is 2.49. The lowest BCUT2D eigenvalue weighted by Crippen LogP contribution is -2.25. The number of nitroso groups, excluding NO2 is 1. The molecule has 4 rings (SSSR count). The van der Waals surface area contributed by atoms with E-state index in [4.69, 9.17) is 4.74 Å². The van der Waals surface area contributed by atoms with Crippen molar-refractivity contribution in [3.63, 3.8) is 0 Å². The largest absolute Gasteiger partial charge is 0.482 e. The molecule has 0 spiro atoms. The van der Waals surface area contributed by atoms with Crippen LogP contribution in [-0.2, 0) is 4.79 Å². The molecule has 1 amide bonds. The Hall–Kier alpha value is -3.22. The van der Waals surface area contributed by atoms with Gasteiger partial charge in [-0.2, -0.15) is 0 Å². The van der Waals surface area contributed by atoms with Gasteiger partial charge in [0.15, 0.2) is 6.61 Å². The number of aromatic nitrogens is 2. The summed E-state index contributed by atoms with van der Waals surface area (Å²) < 4.78 is 6.94. The first-order valence-corrected chi connectivity index (χ1v) is 6.64. The highest BCUT2D eigenvalue weighted by atomic mass is 16.5. The van der Waals surface area contributed by atoms with Gasteiger partial charge in [-0.25, -0.2) is 4.98 Å². The van der Waals surface area contributed by atoms with E-state index in [0.29, 0.717) is 28.3 Å². The van der Waals surface area contributed by atoms with Crippen molar-refractivity contribution in [1.82, 2.24) is 9.38 Å². The number of carbonyl (C=O) groups excluding carboxylic acids is 1. The molecule has 0 saturated carbocycles. The monoisotopic (exact) mass is 294 g/mol. The zero-order valence-corrected chi connectivity index (χ0v) is 11.3. The number of carbonyl (C=O) groups is 1. The average molecular weight is 294 g/mol. The minimum atomic E-state index is -0.214. The van der Waals surface area contributed by atoms with Gasteiger partial charge in [0.05, 0.1) is 5.69 Å². The predicted octanol–water partition coefficient (Wildman–Crippen LogP) is 2.73. The predicted molar refractivity (Wildman–Crippen MR) is 80.2 cm³/mol. The summed E-state index contributed by atoms with van der Waals surface area (Å²) in [5, 5.41) is 5.83. The third kappa shape index (κ3) is 1.83. The van der Waals surface area contributed by atoms with E-state index in [0.717, 1.165) is 0 Å². The number of nitrogens with zero attached hydrogens (tertiary/aromatic N) is 3. The van der Waals surface area contributed by atoms with E-state index in [1.54, 1.807) is 40.9 Å². The maximum Gasteiger partial charge on any atom is 0.262 e. The van der Waals surface area contributed by atoms with Gasteiger partial charge in [0.1, 0.15) is 17.1 Å². The van der Waals surface area contributed by atoms with Crippen LogP contribution >= 0.6 is 0 Å². The Bertz CT molecular complexity index is 916. The molecule has 1 aliphatic heterocycles. The van der Waals surface area contributed by atoms with E-state index in [-0.39, 0.29) is 18.3 Å². The van der Waals surface area contributed by atoms with E-state index in [2.05, 4.69) is 15.5 Å². The molecule has 3 aromatic rings. The van der Waals surface area contributed by atoms with Crippen LogP contribution in [0.15, 0.2) is 47.8 Å². The van der Waals surface area contributed by atoms with E-state index >= 15 is 0 Å². The first-order chi connectivity index (χ1) is 10.8. The molecule has 0 bridgehead atoms. The van der Waals surface area contributed by atoms with Gasteiger partial charge in [0.2, 0.25) is 5.82 Å². The molecule has 2 aromatic heterocycles. The topological polar surface area (TPSA) is 85.1 Å². The van der Waals surface area contributed by atoms with Crippen LogP contribution in [0.5, 0.6) is 5.75 Å². The van der Waals surface area contributed by atoms with Crippen molar-refractivity contribution in [2.45, 2.75) is 0 Å². The Labute approximate surface area is 124 Å². The summed E-state index contributed by atoms with van der Waals surface area (Å²) >= 11 is 0. The highest BCUT2D eigenvalue weighted by molar-refractivity contribution is 5.96. The molecular weight excluding hydrogens is 284 g/mol. The van der Waals surface area contributed by atoms with Crippen molar-refractivity contribution < 1.29 is 9.53 Å². The normalized spacial score (nSPS) is 13.4. The maximum absolute atomic E-state index is 11.4. The first-order valence-electron chi connectivity index (χ1n) is 6.64. The van der Waals surface area contributed by atoms with E-state index in [1.807, 2.05) is 6.07 Å². The van der Waals surface area contributed by atoms with Crippen molar-refractivity contribution in [1.29, 1.82) is 0 Å². The number of rotatable bonds is 2. The second-order valence-corrected chi connectivity index (χ2v) is 4.85. The van der Waals surface area contributed by atoms with Gasteiger partial charge in [-0.3, -0.25) is 9.20 Å². The maximum atomic E-state index is 11.4. The van der Waals surface area contributed by atoms with Gasteiger partial charge in [0.25, 0.3) is 5.91 Å². The Kier molecular flexibility index (Phi) is 2.65. The van der Waals surface area contributed by atoms with Gasteiger partial charge < -0.3 is 10.1 Å². The number of ether oxygens (including phenoxy) is 1. The smallest absolute Gasteiger partial charge is 0.262 e. The van der Waals surface area contributed by atoms with Gasteiger partial charge in [-0.1, -0.05) is 6.07 Å². The molecule has 0 atom stereocenters. The zero-order valence-electron chi connectivity index (χ0n) is 11.3. The van der Waals surface area contributed by atoms with Crippen LogP contribution in [-0.4, -0.2) is 21.9 Å². The van der Waals surface area contributed by atoms with E-state index in [1.165, 1.54) is 0 Å². The summed E-state index contributed by atoms with van der Waals surface area (Å²) in [6, 6.07) is 10.7. The van der Waals surface area contributed by atoms with Crippen LogP contribution < -0.4 is 10.1 Å². The molecule has 1 aromatic carbocycles. The summed E-state index contributed by atoms with van der Waals surface area (Å²) in [6.07, 6.45) is 1.73. The van der Waals surface area contributed by atoms with Crippen LogP contribution in [0.4, 0.5) is 11.5 Å². The standard InChI is InChI=1S/C15H10N4O3/c20-13-8-22-11-5-4-9(7-10(11)16-13)14-15(18-21)19-6-2-1-3-12(19)17-14/h1-7H,8H2,(H,16,20). The molecule has 0 fully saturated rings. The van der Waals surface area contributed by atoms with E-state index in [9.17, 15) is 9.70 Å². The van der Waals surface area contributed by atoms with Crippen molar-refractivity contribution in [2.24, 2.45) is 5.18 Å². The minimum Gasteiger partial charge on any atom is -0.482 e. The van der Waals surface area contributed by atoms with E-state index < -0.39 is 0 Å². The minimum absolute atomic E-state index is 0.00184. The number of pyridine rings is 1. The second-order valence-electron chi connectivity index (χ2n) is 4.85. The van der Waals surface area contributed by atoms with Crippen molar-refractivity contribution >= 4 is 23.1 Å². The van der Waals surface area contributed by atoms with Gasteiger partial charge in [0, 0.05) is 11.8 Å². The highest BCUT2D eigenvalue weighted by Crippen LogP contribution is 2.36. The second kappa shape index (κ2) is 4.66. The third-order valence-corrected chi connectivity index (χ3v) is 3.48. The molecule has 7 nitrogen and oxygen atoms in total. The summed E-state index contributed by atoms with van der Waals surface area (Å²) in [5.74, 6) is 0.597. The molecule has 0 saturated heterocycles. The number of imidazole rings is 1. The number of amides is 1.